The maximum Gasteiger partial charge on any atom is 0.0739 e. The van der Waals surface area contributed by atoms with Gasteiger partial charge in [-0.1, -0.05) is 104 Å². The monoisotopic (exact) mass is 608 g/mol. The van der Waals surface area contributed by atoms with Gasteiger partial charge in [0.2, 0.25) is 0 Å². The van der Waals surface area contributed by atoms with Gasteiger partial charge in [0.05, 0.1) is 22.1 Å². The van der Waals surface area contributed by atoms with Crippen LogP contribution in [0.1, 0.15) is 13.3 Å². The van der Waals surface area contributed by atoms with Crippen molar-refractivity contribution in [2.45, 2.75) is 26.4 Å². The SMILES string of the molecule is CC(CCn1c2ccccc2c2ccc3c4ccccc4n(C)c3c21)Cn1c2ccccc2c2ccc3c4ccccc4n(C)c3c21. The first-order valence-electron chi connectivity index (χ1n) is 16.8. The van der Waals surface area contributed by atoms with Crippen LogP contribution in [-0.2, 0) is 27.2 Å². The topological polar surface area (TPSA) is 19.7 Å². The second kappa shape index (κ2) is 9.76. The van der Waals surface area contributed by atoms with Gasteiger partial charge in [0.1, 0.15) is 0 Å². The summed E-state index contributed by atoms with van der Waals surface area (Å²) in [6, 6.07) is 44.9. The second-order valence-corrected chi connectivity index (χ2v) is 13.6. The fourth-order valence-electron chi connectivity index (χ4n) is 8.77. The summed E-state index contributed by atoms with van der Waals surface area (Å²) >= 11 is 0. The van der Waals surface area contributed by atoms with E-state index < -0.39 is 0 Å². The third-order valence-electron chi connectivity index (χ3n) is 10.9. The largest absolute Gasteiger partial charge is 0.342 e. The van der Waals surface area contributed by atoms with Gasteiger partial charge in [0, 0.05) is 92.3 Å². The quantitative estimate of drug-likeness (QED) is 0.185. The first kappa shape index (κ1) is 26.7. The molecule has 0 amide bonds. The van der Waals surface area contributed by atoms with Crippen LogP contribution < -0.4 is 0 Å². The van der Waals surface area contributed by atoms with Crippen LogP contribution in [-0.4, -0.2) is 18.3 Å². The summed E-state index contributed by atoms with van der Waals surface area (Å²) in [5, 5.41) is 10.7. The zero-order valence-corrected chi connectivity index (χ0v) is 27.0. The van der Waals surface area contributed by atoms with Gasteiger partial charge in [-0.2, -0.15) is 0 Å². The number of hydrogen-bond donors (Lipinski definition) is 0. The summed E-state index contributed by atoms with van der Waals surface area (Å²) in [7, 11) is 4.45. The molecule has 0 saturated heterocycles. The number of aryl methyl sites for hydroxylation is 3. The molecule has 47 heavy (non-hydrogen) atoms. The summed E-state index contributed by atoms with van der Waals surface area (Å²) in [5.74, 6) is 0.460. The Labute approximate surface area is 272 Å². The molecule has 6 aromatic carbocycles. The Morgan fingerprint density at radius 3 is 1.26 bits per heavy atom. The Hall–Kier alpha value is -5.48. The number of hydrogen-bond acceptors (Lipinski definition) is 0. The maximum atomic E-state index is 2.62. The predicted molar refractivity (Wildman–Crippen MR) is 201 cm³/mol. The molecule has 0 bridgehead atoms. The number of aromatic nitrogens is 4. The van der Waals surface area contributed by atoms with Gasteiger partial charge < -0.3 is 18.3 Å². The first-order valence-corrected chi connectivity index (χ1v) is 16.8. The van der Waals surface area contributed by atoms with E-state index in [4.69, 9.17) is 0 Å². The molecule has 10 aromatic rings. The van der Waals surface area contributed by atoms with Crippen molar-refractivity contribution in [3.05, 3.63) is 121 Å². The van der Waals surface area contributed by atoms with Crippen LogP contribution >= 0.6 is 0 Å². The highest BCUT2D eigenvalue weighted by molar-refractivity contribution is 6.23. The molecule has 4 heteroatoms. The second-order valence-electron chi connectivity index (χ2n) is 13.6. The summed E-state index contributed by atoms with van der Waals surface area (Å²) in [4.78, 5) is 0. The minimum absolute atomic E-state index is 0.460. The van der Waals surface area contributed by atoms with E-state index in [0.717, 1.165) is 19.5 Å². The molecule has 4 heterocycles. The van der Waals surface area contributed by atoms with Crippen molar-refractivity contribution >= 4 is 87.2 Å². The van der Waals surface area contributed by atoms with Crippen LogP contribution in [0.25, 0.3) is 87.2 Å². The fraction of sp³-hybridized carbons (Fsp3) is 0.163. The van der Waals surface area contributed by atoms with Crippen LogP contribution in [0.2, 0.25) is 0 Å². The van der Waals surface area contributed by atoms with E-state index >= 15 is 0 Å². The van der Waals surface area contributed by atoms with Gasteiger partial charge in [-0.05, 0) is 36.6 Å². The van der Waals surface area contributed by atoms with E-state index in [-0.39, 0.29) is 0 Å². The molecule has 1 unspecified atom stereocenters. The lowest BCUT2D eigenvalue weighted by atomic mass is 10.1. The maximum absolute atomic E-state index is 2.62. The molecule has 228 valence electrons. The molecule has 0 fully saturated rings. The molecule has 0 N–H and O–H groups in total. The highest BCUT2D eigenvalue weighted by Gasteiger charge is 2.21. The molecule has 4 aromatic heterocycles. The van der Waals surface area contributed by atoms with Crippen LogP contribution in [0.3, 0.4) is 0 Å². The average Bonchev–Trinajstić information content (AvgIpc) is 3.80. The van der Waals surface area contributed by atoms with Crippen molar-refractivity contribution in [1.29, 1.82) is 0 Å². The number of rotatable bonds is 5. The minimum Gasteiger partial charge on any atom is -0.342 e. The molecule has 0 aliphatic heterocycles. The third-order valence-corrected chi connectivity index (χ3v) is 10.9. The summed E-state index contributed by atoms with van der Waals surface area (Å²) in [5.41, 5.74) is 10.6. The van der Waals surface area contributed by atoms with Crippen LogP contribution in [0.4, 0.5) is 0 Å². The molecule has 0 spiro atoms. The highest BCUT2D eigenvalue weighted by atomic mass is 15.0. The molecule has 0 radical (unpaired) electrons. The lowest BCUT2D eigenvalue weighted by Crippen LogP contribution is -2.11. The Morgan fingerprint density at radius 1 is 0.404 bits per heavy atom. The van der Waals surface area contributed by atoms with Gasteiger partial charge in [0.25, 0.3) is 0 Å². The standard InChI is InChI=1S/C43H36N4/c1-27(26-47-39-19-11-7-15-31(39)35-23-21-33-29-13-5-9-17-37(29)45(3)41(33)43(35)47)24-25-46-38-18-10-6-14-30(38)34-22-20-32-28-12-4-8-16-36(28)44(2)40(32)42(34)46/h4-23,27H,24-26H2,1-3H3. The van der Waals surface area contributed by atoms with Crippen LogP contribution in [0.15, 0.2) is 121 Å². The van der Waals surface area contributed by atoms with Crippen molar-refractivity contribution in [3.63, 3.8) is 0 Å². The van der Waals surface area contributed by atoms with Crippen LogP contribution in [0.5, 0.6) is 0 Å². The smallest absolute Gasteiger partial charge is 0.0739 e. The van der Waals surface area contributed by atoms with E-state index in [1.165, 1.54) is 87.2 Å². The van der Waals surface area contributed by atoms with Gasteiger partial charge in [-0.3, -0.25) is 0 Å². The number of fused-ring (bicyclic) bond motifs is 14. The molecule has 1 atom stereocenters. The predicted octanol–water partition coefficient (Wildman–Crippen LogP) is 10.9. The van der Waals surface area contributed by atoms with E-state index in [1.807, 2.05) is 0 Å². The van der Waals surface area contributed by atoms with Crippen molar-refractivity contribution in [2.24, 2.45) is 20.0 Å². The van der Waals surface area contributed by atoms with Gasteiger partial charge in [0.15, 0.2) is 0 Å². The normalized spacial score (nSPS) is 13.2. The highest BCUT2D eigenvalue weighted by Crippen LogP contribution is 2.40. The molecule has 4 nitrogen and oxygen atoms in total. The lowest BCUT2D eigenvalue weighted by molar-refractivity contribution is 0.438. The molecule has 0 saturated carbocycles. The molecular formula is C43H36N4. The third kappa shape index (κ3) is 3.58. The Morgan fingerprint density at radius 2 is 0.766 bits per heavy atom. The van der Waals surface area contributed by atoms with E-state index in [0.29, 0.717) is 5.92 Å². The Bertz CT molecular complexity index is 2870. The lowest BCUT2D eigenvalue weighted by Gasteiger charge is -2.17. The molecular weight excluding hydrogens is 573 g/mol. The summed E-state index contributed by atoms with van der Waals surface area (Å²) < 4.78 is 10.0. The number of benzene rings is 6. The van der Waals surface area contributed by atoms with E-state index in [9.17, 15) is 0 Å². The zero-order chi connectivity index (χ0) is 31.4. The van der Waals surface area contributed by atoms with E-state index in [2.05, 4.69) is 161 Å². The van der Waals surface area contributed by atoms with Crippen molar-refractivity contribution < 1.29 is 0 Å². The van der Waals surface area contributed by atoms with Gasteiger partial charge in [-0.15, -0.1) is 0 Å². The van der Waals surface area contributed by atoms with Crippen molar-refractivity contribution in [3.8, 4) is 0 Å². The summed E-state index contributed by atoms with van der Waals surface area (Å²) in [6.07, 6.45) is 1.08. The average molecular weight is 609 g/mol. The van der Waals surface area contributed by atoms with Crippen molar-refractivity contribution in [2.75, 3.05) is 0 Å². The van der Waals surface area contributed by atoms with Crippen LogP contribution in [0, 0.1) is 5.92 Å². The molecule has 10 rings (SSSR count). The van der Waals surface area contributed by atoms with Gasteiger partial charge in [-0.25, -0.2) is 0 Å². The van der Waals surface area contributed by atoms with Gasteiger partial charge >= 0.3 is 0 Å². The Balaban J connectivity index is 1.12. The first-order chi connectivity index (χ1) is 23.1. The minimum atomic E-state index is 0.460. The van der Waals surface area contributed by atoms with E-state index in [1.54, 1.807) is 0 Å². The zero-order valence-electron chi connectivity index (χ0n) is 27.0. The number of para-hydroxylation sites is 4. The molecule has 0 aliphatic rings. The fourth-order valence-corrected chi connectivity index (χ4v) is 8.77. The Kier molecular flexibility index (Phi) is 5.55. The molecule has 0 aliphatic carbocycles. The summed E-state index contributed by atoms with van der Waals surface area (Å²) in [6.45, 7) is 4.36. The van der Waals surface area contributed by atoms with Crippen molar-refractivity contribution in [1.82, 2.24) is 18.3 Å². The number of nitrogens with zero attached hydrogens (tertiary/aromatic N) is 4.